The number of thiol groups is 1. The molecule has 1 unspecified atom stereocenters. The van der Waals surface area contributed by atoms with Crippen molar-refractivity contribution in [2.24, 2.45) is 0 Å². The van der Waals surface area contributed by atoms with Crippen molar-refractivity contribution in [3.8, 4) is 11.5 Å². The molecule has 1 atom stereocenters. The van der Waals surface area contributed by atoms with Crippen molar-refractivity contribution in [1.29, 1.82) is 0 Å². The molecule has 6 heteroatoms. The van der Waals surface area contributed by atoms with Gasteiger partial charge in [0.25, 0.3) is 5.69 Å². The Labute approximate surface area is 148 Å². The molecule has 138 valence electrons. The fourth-order valence-electron chi connectivity index (χ4n) is 2.79. The maximum absolute atomic E-state index is 11.5. The van der Waals surface area contributed by atoms with E-state index in [1.165, 1.54) is 45.3 Å². The van der Waals surface area contributed by atoms with Crippen LogP contribution in [0.5, 0.6) is 11.5 Å². The topological polar surface area (TPSA) is 61.6 Å². The van der Waals surface area contributed by atoms with Crippen molar-refractivity contribution in [3.05, 3.63) is 22.2 Å². The standard InChI is InChI=1S/C18H31NO4S/c1-5-7-8-9-10-11-12-24(6-2)18-14-17(23-4)16(22-3)13-15(18)19(20)21/h13-14,24H,5-12H2,1-4H3. The molecular formula is C18H31NO4S. The van der Waals surface area contributed by atoms with E-state index in [-0.39, 0.29) is 10.6 Å². The summed E-state index contributed by atoms with van der Waals surface area (Å²) in [5, 5.41) is 11.5. The monoisotopic (exact) mass is 357 g/mol. The third-order valence-corrected chi connectivity index (χ3v) is 6.84. The number of benzene rings is 1. The Hall–Kier alpha value is -1.43. The second-order valence-corrected chi connectivity index (χ2v) is 8.44. The molecule has 1 aromatic rings. The Bertz CT molecular complexity index is 522. The van der Waals surface area contributed by atoms with E-state index in [0.29, 0.717) is 11.5 Å². The average Bonchev–Trinajstić information content (AvgIpc) is 2.60. The normalized spacial score (nSPS) is 12.8. The molecule has 0 bridgehead atoms. The molecule has 0 N–H and O–H groups in total. The first-order valence-corrected chi connectivity index (χ1v) is 10.5. The lowest BCUT2D eigenvalue weighted by atomic mass is 10.1. The van der Waals surface area contributed by atoms with Gasteiger partial charge in [0.2, 0.25) is 0 Å². The first-order chi connectivity index (χ1) is 11.6. The molecule has 0 saturated heterocycles. The maximum Gasteiger partial charge on any atom is 0.285 e. The van der Waals surface area contributed by atoms with Gasteiger partial charge >= 0.3 is 0 Å². The lowest BCUT2D eigenvalue weighted by Crippen LogP contribution is -2.01. The molecule has 0 saturated carbocycles. The van der Waals surface area contributed by atoms with E-state index in [2.05, 4.69) is 13.8 Å². The first kappa shape index (κ1) is 20.6. The molecule has 0 aliphatic rings. The summed E-state index contributed by atoms with van der Waals surface area (Å²) in [5.74, 6) is 2.97. The summed E-state index contributed by atoms with van der Waals surface area (Å²) in [5.41, 5.74) is 0.159. The van der Waals surface area contributed by atoms with Crippen LogP contribution in [0.4, 0.5) is 5.69 Å². The Balaban J connectivity index is 2.88. The van der Waals surface area contributed by atoms with E-state index in [1.54, 1.807) is 7.11 Å². The van der Waals surface area contributed by atoms with Gasteiger partial charge in [0, 0.05) is 6.07 Å². The number of nitro benzene ring substituents is 1. The largest absolute Gasteiger partial charge is 0.493 e. The second kappa shape index (κ2) is 11.2. The quantitative estimate of drug-likeness (QED) is 0.237. The highest BCUT2D eigenvalue weighted by atomic mass is 32.2. The van der Waals surface area contributed by atoms with Gasteiger partial charge in [-0.05, 0) is 17.9 Å². The van der Waals surface area contributed by atoms with Gasteiger partial charge in [-0.3, -0.25) is 10.1 Å². The molecule has 0 radical (unpaired) electrons. The number of hydrogen-bond acceptors (Lipinski definition) is 4. The summed E-state index contributed by atoms with van der Waals surface area (Å²) < 4.78 is 10.5. The van der Waals surface area contributed by atoms with Crippen molar-refractivity contribution in [2.75, 3.05) is 25.7 Å². The first-order valence-electron chi connectivity index (χ1n) is 8.74. The molecular weight excluding hydrogens is 326 g/mol. The van der Waals surface area contributed by atoms with Gasteiger partial charge in [0.1, 0.15) is 0 Å². The molecule has 1 aromatic carbocycles. The van der Waals surface area contributed by atoms with Gasteiger partial charge in [-0.25, -0.2) is 10.9 Å². The highest BCUT2D eigenvalue weighted by molar-refractivity contribution is 8.17. The lowest BCUT2D eigenvalue weighted by Gasteiger charge is -2.21. The molecule has 0 fully saturated rings. The molecule has 24 heavy (non-hydrogen) atoms. The van der Waals surface area contributed by atoms with Crippen LogP contribution in [-0.2, 0) is 0 Å². The Morgan fingerprint density at radius 1 is 1.00 bits per heavy atom. The van der Waals surface area contributed by atoms with Crippen LogP contribution in [0.25, 0.3) is 0 Å². The van der Waals surface area contributed by atoms with Crippen molar-refractivity contribution in [1.82, 2.24) is 0 Å². The van der Waals surface area contributed by atoms with Gasteiger partial charge in [-0.2, -0.15) is 0 Å². The summed E-state index contributed by atoms with van der Waals surface area (Å²) in [6, 6.07) is 3.31. The fourth-order valence-corrected chi connectivity index (χ4v) is 5.06. The number of ether oxygens (including phenoxy) is 2. The minimum absolute atomic E-state index is 0.159. The van der Waals surface area contributed by atoms with Crippen LogP contribution in [0.3, 0.4) is 0 Å². The number of methoxy groups -OCH3 is 2. The molecule has 5 nitrogen and oxygen atoms in total. The molecule has 0 aromatic heterocycles. The minimum Gasteiger partial charge on any atom is -0.493 e. The van der Waals surface area contributed by atoms with Gasteiger partial charge in [0.05, 0.1) is 30.1 Å². The zero-order valence-corrected chi connectivity index (χ0v) is 16.2. The van der Waals surface area contributed by atoms with Gasteiger partial charge in [-0.1, -0.05) is 46.0 Å². The number of unbranched alkanes of at least 4 members (excludes halogenated alkanes) is 5. The molecule has 1 rings (SSSR count). The predicted octanol–water partition coefficient (Wildman–Crippen LogP) is 5.35. The average molecular weight is 358 g/mol. The van der Waals surface area contributed by atoms with Crippen LogP contribution >= 0.6 is 10.9 Å². The van der Waals surface area contributed by atoms with Gasteiger partial charge < -0.3 is 9.47 Å². The second-order valence-electron chi connectivity index (χ2n) is 5.80. The number of nitro groups is 1. The van der Waals surface area contributed by atoms with Gasteiger partial charge in [-0.15, -0.1) is 0 Å². The summed E-state index contributed by atoms with van der Waals surface area (Å²) in [6.07, 6.45) is 7.43. The fraction of sp³-hybridized carbons (Fsp3) is 0.667. The lowest BCUT2D eigenvalue weighted by molar-refractivity contribution is -0.387. The van der Waals surface area contributed by atoms with E-state index in [4.69, 9.17) is 9.47 Å². The summed E-state index contributed by atoms with van der Waals surface area (Å²) in [4.78, 5) is 12.0. The molecule has 0 amide bonds. The summed E-state index contributed by atoms with van der Waals surface area (Å²) >= 11 is 0. The third kappa shape index (κ3) is 5.89. The maximum atomic E-state index is 11.5. The van der Waals surface area contributed by atoms with Crippen LogP contribution in [0.15, 0.2) is 17.0 Å². The van der Waals surface area contributed by atoms with E-state index in [0.717, 1.165) is 22.8 Å². The van der Waals surface area contributed by atoms with Crippen molar-refractivity contribution in [3.63, 3.8) is 0 Å². The van der Waals surface area contributed by atoms with E-state index in [1.807, 2.05) is 6.07 Å². The number of hydrogen-bond donors (Lipinski definition) is 1. The zero-order valence-electron chi connectivity index (χ0n) is 15.3. The van der Waals surface area contributed by atoms with Crippen LogP contribution in [-0.4, -0.2) is 30.6 Å². The molecule has 0 aliphatic heterocycles. The van der Waals surface area contributed by atoms with Crippen LogP contribution < -0.4 is 9.47 Å². The van der Waals surface area contributed by atoms with Crippen LogP contribution in [0, 0.1) is 10.1 Å². The van der Waals surface area contributed by atoms with Crippen LogP contribution in [0.2, 0.25) is 0 Å². The highest BCUT2D eigenvalue weighted by Gasteiger charge is 2.23. The zero-order chi connectivity index (χ0) is 17.9. The SMILES string of the molecule is CCCCCCCC[SH](CC)c1cc(OC)c(OC)cc1[N+](=O)[O-]. The Morgan fingerprint density at radius 3 is 2.12 bits per heavy atom. The Kier molecular flexibility index (Phi) is 9.60. The van der Waals surface area contributed by atoms with Crippen molar-refractivity contribution < 1.29 is 14.4 Å². The van der Waals surface area contributed by atoms with E-state index in [9.17, 15) is 10.1 Å². The Morgan fingerprint density at radius 2 is 1.58 bits per heavy atom. The third-order valence-electron chi connectivity index (χ3n) is 4.18. The predicted molar refractivity (Wildman–Crippen MR) is 102 cm³/mol. The minimum atomic E-state index is -0.548. The molecule has 0 heterocycles. The van der Waals surface area contributed by atoms with Crippen molar-refractivity contribution >= 4 is 16.6 Å². The van der Waals surface area contributed by atoms with E-state index >= 15 is 0 Å². The van der Waals surface area contributed by atoms with E-state index < -0.39 is 10.9 Å². The molecule has 0 aliphatic carbocycles. The number of rotatable bonds is 12. The molecule has 0 spiro atoms. The summed E-state index contributed by atoms with van der Waals surface area (Å²) in [7, 11) is 2.52. The highest BCUT2D eigenvalue weighted by Crippen LogP contribution is 2.47. The smallest absolute Gasteiger partial charge is 0.285 e. The summed E-state index contributed by atoms with van der Waals surface area (Å²) in [6.45, 7) is 4.33. The van der Waals surface area contributed by atoms with Crippen LogP contribution in [0.1, 0.15) is 52.4 Å². The van der Waals surface area contributed by atoms with Gasteiger partial charge in [0.15, 0.2) is 11.5 Å². The van der Waals surface area contributed by atoms with Crippen molar-refractivity contribution in [2.45, 2.75) is 57.3 Å². The number of nitrogens with zero attached hydrogens (tertiary/aromatic N) is 1.